The van der Waals surface area contributed by atoms with Gasteiger partial charge >= 0.3 is 0 Å². The Morgan fingerprint density at radius 3 is 2.67 bits per heavy atom. The van der Waals surface area contributed by atoms with E-state index in [1.807, 2.05) is 6.07 Å². The van der Waals surface area contributed by atoms with Gasteiger partial charge in [-0.1, -0.05) is 25.3 Å². The van der Waals surface area contributed by atoms with Crippen LogP contribution in [0, 0.1) is 5.82 Å². The van der Waals surface area contributed by atoms with Gasteiger partial charge in [0.2, 0.25) is 0 Å². The monoisotopic (exact) mass is 250 g/mol. The van der Waals surface area contributed by atoms with Crippen LogP contribution in [-0.4, -0.2) is 19.6 Å². The Balaban J connectivity index is 2.22. The van der Waals surface area contributed by atoms with Gasteiger partial charge in [0, 0.05) is 24.3 Å². The summed E-state index contributed by atoms with van der Waals surface area (Å²) in [4.78, 5) is 2.26. The van der Waals surface area contributed by atoms with Crippen molar-refractivity contribution < 1.29 is 4.39 Å². The van der Waals surface area contributed by atoms with Crippen molar-refractivity contribution in [3.8, 4) is 0 Å². The molecule has 3 heteroatoms. The van der Waals surface area contributed by atoms with Gasteiger partial charge in [0.1, 0.15) is 5.82 Å². The fraction of sp³-hybridized carbons (Fsp3) is 0.600. The lowest BCUT2D eigenvalue weighted by Gasteiger charge is -2.34. The SMILES string of the molecule is CN(c1cccc(F)c1CCN)C1CCCCC1. The number of nitrogens with two attached hydrogens (primary N) is 1. The van der Waals surface area contributed by atoms with Gasteiger partial charge in [0.15, 0.2) is 0 Å². The van der Waals surface area contributed by atoms with E-state index in [1.54, 1.807) is 6.07 Å². The molecule has 0 spiro atoms. The summed E-state index contributed by atoms with van der Waals surface area (Å²) in [6, 6.07) is 5.90. The zero-order chi connectivity index (χ0) is 13.0. The molecule has 0 atom stereocenters. The molecule has 1 saturated carbocycles. The summed E-state index contributed by atoms with van der Waals surface area (Å²) in [5.74, 6) is -0.124. The van der Waals surface area contributed by atoms with Crippen LogP contribution in [0.2, 0.25) is 0 Å². The van der Waals surface area contributed by atoms with Gasteiger partial charge in [-0.3, -0.25) is 0 Å². The van der Waals surface area contributed by atoms with E-state index in [-0.39, 0.29) is 5.82 Å². The molecule has 0 aromatic heterocycles. The number of benzene rings is 1. The Hall–Kier alpha value is -1.09. The summed E-state index contributed by atoms with van der Waals surface area (Å²) in [6.45, 7) is 0.492. The Labute approximate surface area is 109 Å². The van der Waals surface area contributed by atoms with E-state index in [4.69, 9.17) is 5.73 Å². The van der Waals surface area contributed by atoms with E-state index in [2.05, 4.69) is 11.9 Å². The molecule has 2 rings (SSSR count). The third-order valence-electron chi connectivity index (χ3n) is 3.99. The molecule has 1 fully saturated rings. The molecule has 1 aromatic rings. The molecule has 1 aliphatic carbocycles. The molecule has 0 heterocycles. The van der Waals surface area contributed by atoms with Crippen LogP contribution in [0.4, 0.5) is 10.1 Å². The van der Waals surface area contributed by atoms with Gasteiger partial charge in [0.25, 0.3) is 0 Å². The summed E-state index contributed by atoms with van der Waals surface area (Å²) < 4.78 is 13.9. The van der Waals surface area contributed by atoms with E-state index >= 15 is 0 Å². The molecular weight excluding hydrogens is 227 g/mol. The average molecular weight is 250 g/mol. The Bertz CT molecular complexity index is 386. The molecule has 0 radical (unpaired) electrons. The van der Waals surface area contributed by atoms with Gasteiger partial charge < -0.3 is 10.6 Å². The number of halogens is 1. The van der Waals surface area contributed by atoms with E-state index in [9.17, 15) is 4.39 Å². The van der Waals surface area contributed by atoms with Crippen LogP contribution in [-0.2, 0) is 6.42 Å². The second-order valence-corrected chi connectivity index (χ2v) is 5.18. The number of hydrogen-bond donors (Lipinski definition) is 1. The summed E-state index contributed by atoms with van der Waals surface area (Å²) in [6.07, 6.45) is 6.96. The first-order valence-electron chi connectivity index (χ1n) is 6.94. The molecule has 0 bridgehead atoms. The summed E-state index contributed by atoms with van der Waals surface area (Å²) >= 11 is 0. The highest BCUT2D eigenvalue weighted by Gasteiger charge is 2.21. The van der Waals surface area contributed by atoms with Crippen LogP contribution in [0.5, 0.6) is 0 Å². The normalized spacial score (nSPS) is 16.8. The molecule has 100 valence electrons. The quantitative estimate of drug-likeness (QED) is 0.889. The predicted octanol–water partition coefficient (Wildman–Crippen LogP) is 3.10. The van der Waals surface area contributed by atoms with Gasteiger partial charge in [-0.2, -0.15) is 0 Å². The Morgan fingerprint density at radius 2 is 2.00 bits per heavy atom. The smallest absolute Gasteiger partial charge is 0.128 e. The van der Waals surface area contributed by atoms with E-state index < -0.39 is 0 Å². The second kappa shape index (κ2) is 6.19. The largest absolute Gasteiger partial charge is 0.371 e. The van der Waals surface area contributed by atoms with Crippen molar-refractivity contribution in [1.29, 1.82) is 0 Å². The fourth-order valence-corrected chi connectivity index (χ4v) is 2.93. The van der Waals surface area contributed by atoms with Crippen LogP contribution in [0.1, 0.15) is 37.7 Å². The predicted molar refractivity (Wildman–Crippen MR) is 74.4 cm³/mol. The van der Waals surface area contributed by atoms with Crippen LogP contribution in [0.25, 0.3) is 0 Å². The third-order valence-corrected chi connectivity index (χ3v) is 3.99. The van der Waals surface area contributed by atoms with Crippen molar-refractivity contribution in [3.05, 3.63) is 29.6 Å². The van der Waals surface area contributed by atoms with E-state index in [0.29, 0.717) is 19.0 Å². The minimum Gasteiger partial charge on any atom is -0.371 e. The summed E-state index contributed by atoms with van der Waals surface area (Å²) in [7, 11) is 2.09. The number of nitrogens with zero attached hydrogens (tertiary/aromatic N) is 1. The topological polar surface area (TPSA) is 29.3 Å². The molecule has 0 unspecified atom stereocenters. The molecule has 1 aliphatic rings. The number of anilines is 1. The van der Waals surface area contributed by atoms with Crippen molar-refractivity contribution in [2.45, 2.75) is 44.6 Å². The highest BCUT2D eigenvalue weighted by Crippen LogP contribution is 2.29. The first-order chi connectivity index (χ1) is 8.74. The molecule has 2 N–H and O–H groups in total. The molecule has 0 amide bonds. The van der Waals surface area contributed by atoms with Crippen LogP contribution < -0.4 is 10.6 Å². The van der Waals surface area contributed by atoms with Crippen molar-refractivity contribution in [2.24, 2.45) is 5.73 Å². The minimum atomic E-state index is -0.124. The molecule has 0 aliphatic heterocycles. The summed E-state index contributed by atoms with van der Waals surface area (Å²) in [5.41, 5.74) is 7.38. The maximum Gasteiger partial charge on any atom is 0.128 e. The van der Waals surface area contributed by atoms with E-state index in [1.165, 1.54) is 38.2 Å². The van der Waals surface area contributed by atoms with Crippen molar-refractivity contribution >= 4 is 5.69 Å². The number of rotatable bonds is 4. The average Bonchev–Trinajstić information content (AvgIpc) is 2.41. The zero-order valence-corrected chi connectivity index (χ0v) is 11.2. The third kappa shape index (κ3) is 2.83. The molecule has 1 aromatic carbocycles. The van der Waals surface area contributed by atoms with Crippen LogP contribution in [0.15, 0.2) is 18.2 Å². The first kappa shape index (κ1) is 13.3. The molecule has 0 saturated heterocycles. The highest BCUT2D eigenvalue weighted by atomic mass is 19.1. The fourth-order valence-electron chi connectivity index (χ4n) is 2.93. The zero-order valence-electron chi connectivity index (χ0n) is 11.2. The number of hydrogen-bond acceptors (Lipinski definition) is 2. The lowest BCUT2D eigenvalue weighted by atomic mass is 9.93. The molecule has 2 nitrogen and oxygen atoms in total. The van der Waals surface area contributed by atoms with Crippen LogP contribution >= 0.6 is 0 Å². The van der Waals surface area contributed by atoms with Crippen molar-refractivity contribution in [1.82, 2.24) is 0 Å². The van der Waals surface area contributed by atoms with Gasteiger partial charge in [-0.05, 0) is 37.9 Å². The Morgan fingerprint density at radius 1 is 1.28 bits per heavy atom. The lowest BCUT2D eigenvalue weighted by molar-refractivity contribution is 0.426. The highest BCUT2D eigenvalue weighted by molar-refractivity contribution is 5.54. The van der Waals surface area contributed by atoms with E-state index in [0.717, 1.165) is 11.3 Å². The standard InChI is InChI=1S/C15H23FN2/c1-18(12-6-3-2-4-7-12)15-9-5-8-14(16)13(15)10-11-17/h5,8-9,12H,2-4,6-7,10-11,17H2,1H3. The van der Waals surface area contributed by atoms with Gasteiger partial charge in [0.05, 0.1) is 0 Å². The Kier molecular flexibility index (Phi) is 4.59. The van der Waals surface area contributed by atoms with Crippen molar-refractivity contribution in [2.75, 3.05) is 18.5 Å². The lowest BCUT2D eigenvalue weighted by Crippen LogP contribution is -2.34. The summed E-state index contributed by atoms with van der Waals surface area (Å²) in [5, 5.41) is 0. The van der Waals surface area contributed by atoms with Gasteiger partial charge in [-0.15, -0.1) is 0 Å². The second-order valence-electron chi connectivity index (χ2n) is 5.18. The van der Waals surface area contributed by atoms with Crippen molar-refractivity contribution in [3.63, 3.8) is 0 Å². The molecular formula is C15H23FN2. The maximum absolute atomic E-state index is 13.9. The molecule has 18 heavy (non-hydrogen) atoms. The minimum absolute atomic E-state index is 0.124. The van der Waals surface area contributed by atoms with Crippen LogP contribution in [0.3, 0.4) is 0 Å². The first-order valence-corrected chi connectivity index (χ1v) is 6.94. The van der Waals surface area contributed by atoms with Gasteiger partial charge in [-0.25, -0.2) is 4.39 Å². The maximum atomic E-state index is 13.9.